The first-order chi connectivity index (χ1) is 10.1. The SMILES string of the molecule is Cc1ccccc1CNC(=O)CN1CCCC(C(=O)O)C1.Cl. The van der Waals surface area contributed by atoms with Crippen LogP contribution in [0, 0.1) is 12.8 Å². The number of likely N-dealkylation sites (tertiary alicyclic amines) is 1. The topological polar surface area (TPSA) is 69.6 Å². The second-order valence-corrected chi connectivity index (χ2v) is 5.62. The van der Waals surface area contributed by atoms with Crippen molar-refractivity contribution in [2.45, 2.75) is 26.3 Å². The van der Waals surface area contributed by atoms with E-state index in [1.807, 2.05) is 36.1 Å². The molecule has 1 unspecified atom stereocenters. The molecule has 1 amide bonds. The third-order valence-electron chi connectivity index (χ3n) is 3.96. The summed E-state index contributed by atoms with van der Waals surface area (Å²) in [6, 6.07) is 7.94. The van der Waals surface area contributed by atoms with Crippen LogP contribution in [0.25, 0.3) is 0 Å². The summed E-state index contributed by atoms with van der Waals surface area (Å²) in [4.78, 5) is 24.9. The largest absolute Gasteiger partial charge is 0.481 e. The summed E-state index contributed by atoms with van der Waals surface area (Å²) >= 11 is 0. The van der Waals surface area contributed by atoms with Gasteiger partial charge in [0.25, 0.3) is 0 Å². The van der Waals surface area contributed by atoms with Gasteiger partial charge in [0.1, 0.15) is 0 Å². The van der Waals surface area contributed by atoms with Gasteiger partial charge < -0.3 is 10.4 Å². The van der Waals surface area contributed by atoms with E-state index in [1.165, 1.54) is 0 Å². The van der Waals surface area contributed by atoms with Gasteiger partial charge in [-0.25, -0.2) is 0 Å². The zero-order valence-electron chi connectivity index (χ0n) is 12.7. The molecule has 0 spiro atoms. The normalized spacial score (nSPS) is 18.3. The first-order valence-corrected chi connectivity index (χ1v) is 7.32. The zero-order valence-corrected chi connectivity index (χ0v) is 13.6. The number of carboxylic acids is 1. The quantitative estimate of drug-likeness (QED) is 0.866. The Hall–Kier alpha value is -1.59. The van der Waals surface area contributed by atoms with Crippen molar-refractivity contribution in [3.63, 3.8) is 0 Å². The molecule has 0 aromatic heterocycles. The zero-order chi connectivity index (χ0) is 15.2. The second kappa shape index (κ2) is 8.76. The maximum absolute atomic E-state index is 12.0. The molecule has 2 N–H and O–H groups in total. The summed E-state index contributed by atoms with van der Waals surface area (Å²) in [5.41, 5.74) is 2.26. The Balaban J connectivity index is 0.00000242. The molecule has 1 aromatic carbocycles. The van der Waals surface area contributed by atoms with Gasteiger partial charge in [0.15, 0.2) is 0 Å². The molecule has 5 nitrogen and oxygen atoms in total. The molecule has 0 aliphatic carbocycles. The Kier molecular flexibility index (Phi) is 7.35. The van der Waals surface area contributed by atoms with Crippen LogP contribution in [0.3, 0.4) is 0 Å². The minimum Gasteiger partial charge on any atom is -0.481 e. The predicted octanol–water partition coefficient (Wildman–Crippen LogP) is 1.83. The highest BCUT2D eigenvalue weighted by Crippen LogP contribution is 2.16. The van der Waals surface area contributed by atoms with Crippen LogP contribution in [0.5, 0.6) is 0 Å². The second-order valence-electron chi connectivity index (χ2n) is 5.62. The first-order valence-electron chi connectivity index (χ1n) is 7.32. The number of nitrogens with one attached hydrogen (secondary N) is 1. The molecular formula is C16H23ClN2O3. The Morgan fingerprint density at radius 2 is 2.09 bits per heavy atom. The van der Waals surface area contributed by atoms with Crippen molar-refractivity contribution in [3.05, 3.63) is 35.4 Å². The highest BCUT2D eigenvalue weighted by Gasteiger charge is 2.26. The van der Waals surface area contributed by atoms with E-state index in [2.05, 4.69) is 5.32 Å². The van der Waals surface area contributed by atoms with Gasteiger partial charge in [0, 0.05) is 13.1 Å². The fourth-order valence-electron chi connectivity index (χ4n) is 2.66. The van der Waals surface area contributed by atoms with E-state index in [9.17, 15) is 9.59 Å². The molecule has 1 aliphatic heterocycles. The molecule has 0 saturated carbocycles. The van der Waals surface area contributed by atoms with E-state index in [4.69, 9.17) is 5.11 Å². The summed E-state index contributed by atoms with van der Waals surface area (Å²) in [7, 11) is 0. The van der Waals surface area contributed by atoms with Crippen LogP contribution >= 0.6 is 12.4 Å². The lowest BCUT2D eigenvalue weighted by Crippen LogP contribution is -2.44. The molecule has 22 heavy (non-hydrogen) atoms. The minimum absolute atomic E-state index is 0. The number of hydrogen-bond donors (Lipinski definition) is 2. The van der Waals surface area contributed by atoms with Crippen molar-refractivity contribution in [2.75, 3.05) is 19.6 Å². The van der Waals surface area contributed by atoms with Gasteiger partial charge in [-0.15, -0.1) is 12.4 Å². The average Bonchev–Trinajstić information content (AvgIpc) is 2.46. The van der Waals surface area contributed by atoms with Crippen molar-refractivity contribution >= 4 is 24.3 Å². The van der Waals surface area contributed by atoms with Crippen molar-refractivity contribution in [1.29, 1.82) is 0 Å². The number of carbonyl (C=O) groups is 2. The number of aryl methyl sites for hydroxylation is 1. The molecule has 6 heteroatoms. The molecule has 1 fully saturated rings. The maximum Gasteiger partial charge on any atom is 0.307 e. The van der Waals surface area contributed by atoms with Crippen molar-refractivity contribution in [1.82, 2.24) is 10.2 Å². The number of carboxylic acid groups (broad SMARTS) is 1. The van der Waals surface area contributed by atoms with Gasteiger partial charge in [0.2, 0.25) is 5.91 Å². The van der Waals surface area contributed by atoms with E-state index >= 15 is 0 Å². The Bertz CT molecular complexity index is 522. The summed E-state index contributed by atoms with van der Waals surface area (Å²) in [6.07, 6.45) is 1.54. The monoisotopic (exact) mass is 326 g/mol. The molecule has 0 radical (unpaired) electrons. The standard InChI is InChI=1S/C16H22N2O3.ClH/c1-12-5-2-3-6-13(12)9-17-15(19)11-18-8-4-7-14(10-18)16(20)21;/h2-3,5-6,14H,4,7-11H2,1H3,(H,17,19)(H,20,21);1H. The maximum atomic E-state index is 12.0. The molecule has 1 atom stereocenters. The minimum atomic E-state index is -0.764. The van der Waals surface area contributed by atoms with Gasteiger partial charge in [-0.3, -0.25) is 14.5 Å². The van der Waals surface area contributed by atoms with E-state index in [1.54, 1.807) is 0 Å². The molecule has 1 saturated heterocycles. The molecule has 2 rings (SSSR count). The average molecular weight is 327 g/mol. The van der Waals surface area contributed by atoms with Crippen LogP contribution in [0.1, 0.15) is 24.0 Å². The lowest BCUT2D eigenvalue weighted by atomic mass is 9.98. The summed E-state index contributed by atoms with van der Waals surface area (Å²) in [6.45, 7) is 4.07. The summed E-state index contributed by atoms with van der Waals surface area (Å²) in [5, 5.41) is 11.9. The van der Waals surface area contributed by atoms with E-state index < -0.39 is 5.97 Å². The highest BCUT2D eigenvalue weighted by molar-refractivity contribution is 5.85. The van der Waals surface area contributed by atoms with E-state index in [0.717, 1.165) is 24.1 Å². The number of hydrogen-bond acceptors (Lipinski definition) is 3. The molecule has 1 aromatic rings. The predicted molar refractivity (Wildman–Crippen MR) is 87.1 cm³/mol. The fourth-order valence-corrected chi connectivity index (χ4v) is 2.66. The highest BCUT2D eigenvalue weighted by atomic mass is 35.5. The number of carbonyl (C=O) groups excluding carboxylic acids is 1. The van der Waals surface area contributed by atoms with Crippen molar-refractivity contribution in [2.24, 2.45) is 5.92 Å². The van der Waals surface area contributed by atoms with Crippen LogP contribution in [-0.2, 0) is 16.1 Å². The molecule has 0 bridgehead atoms. The van der Waals surface area contributed by atoms with Crippen LogP contribution in [-0.4, -0.2) is 41.5 Å². The number of rotatable bonds is 5. The van der Waals surface area contributed by atoms with Crippen molar-refractivity contribution in [3.8, 4) is 0 Å². The van der Waals surface area contributed by atoms with E-state index in [0.29, 0.717) is 19.5 Å². The smallest absolute Gasteiger partial charge is 0.307 e. The molecule has 1 aliphatic rings. The van der Waals surface area contributed by atoms with Gasteiger partial charge in [-0.05, 0) is 37.4 Å². The molecular weight excluding hydrogens is 304 g/mol. The van der Waals surface area contributed by atoms with Gasteiger partial charge >= 0.3 is 5.97 Å². The Morgan fingerprint density at radius 3 is 2.77 bits per heavy atom. The van der Waals surface area contributed by atoms with Gasteiger partial charge in [-0.1, -0.05) is 24.3 Å². The molecule has 122 valence electrons. The number of amides is 1. The van der Waals surface area contributed by atoms with E-state index in [-0.39, 0.29) is 30.8 Å². The number of piperidine rings is 1. The van der Waals surface area contributed by atoms with Crippen LogP contribution in [0.2, 0.25) is 0 Å². The lowest BCUT2D eigenvalue weighted by Gasteiger charge is -2.29. The Morgan fingerprint density at radius 1 is 1.36 bits per heavy atom. The Labute approximate surface area is 137 Å². The van der Waals surface area contributed by atoms with Crippen LogP contribution < -0.4 is 5.32 Å². The first kappa shape index (κ1) is 18.5. The molecule has 1 heterocycles. The third-order valence-corrected chi connectivity index (χ3v) is 3.96. The number of aliphatic carboxylic acids is 1. The van der Waals surface area contributed by atoms with Crippen LogP contribution in [0.15, 0.2) is 24.3 Å². The summed E-state index contributed by atoms with van der Waals surface area (Å²) < 4.78 is 0. The number of benzene rings is 1. The lowest BCUT2D eigenvalue weighted by molar-refractivity contribution is -0.144. The number of nitrogens with zero attached hydrogens (tertiary/aromatic N) is 1. The van der Waals surface area contributed by atoms with Gasteiger partial charge in [-0.2, -0.15) is 0 Å². The third kappa shape index (κ3) is 5.31. The van der Waals surface area contributed by atoms with Gasteiger partial charge in [0.05, 0.1) is 12.5 Å². The summed E-state index contributed by atoms with van der Waals surface area (Å²) in [5.74, 6) is -1.16. The number of halogens is 1. The van der Waals surface area contributed by atoms with Crippen LogP contribution in [0.4, 0.5) is 0 Å². The fraction of sp³-hybridized carbons (Fsp3) is 0.500. The van der Waals surface area contributed by atoms with Crippen molar-refractivity contribution < 1.29 is 14.7 Å².